The fourth-order valence-corrected chi connectivity index (χ4v) is 2.14. The van der Waals surface area contributed by atoms with Crippen LogP contribution in [0.4, 0.5) is 5.69 Å². The van der Waals surface area contributed by atoms with Crippen LogP contribution in [-0.2, 0) is 9.53 Å². The smallest absolute Gasteiger partial charge is 0.338 e. The molecule has 0 spiro atoms. The van der Waals surface area contributed by atoms with E-state index in [4.69, 9.17) is 10.00 Å². The lowest BCUT2D eigenvalue weighted by atomic mass is 10.1. The van der Waals surface area contributed by atoms with Gasteiger partial charge in [-0.1, -0.05) is 22.0 Å². The van der Waals surface area contributed by atoms with Gasteiger partial charge < -0.3 is 10.1 Å². The summed E-state index contributed by atoms with van der Waals surface area (Å²) in [6, 6.07) is 13.4. The summed E-state index contributed by atoms with van der Waals surface area (Å²) in [6.07, 6.45) is 0. The molecule has 0 heterocycles. The molecular formula is C17H13BrN2O3. The van der Waals surface area contributed by atoms with E-state index >= 15 is 0 Å². The van der Waals surface area contributed by atoms with Crippen molar-refractivity contribution in [3.8, 4) is 6.07 Å². The van der Waals surface area contributed by atoms with Crippen LogP contribution in [0.5, 0.6) is 0 Å². The van der Waals surface area contributed by atoms with E-state index in [0.717, 1.165) is 10.0 Å². The fourth-order valence-electron chi connectivity index (χ4n) is 1.76. The number of hydrogen-bond acceptors (Lipinski definition) is 4. The molecule has 0 aliphatic rings. The molecule has 2 aromatic carbocycles. The minimum atomic E-state index is -0.616. The number of rotatable bonds is 4. The first kappa shape index (κ1) is 16.7. The Balaban J connectivity index is 1.89. The maximum absolute atomic E-state index is 11.8. The number of anilines is 1. The van der Waals surface area contributed by atoms with Crippen LogP contribution in [0.15, 0.2) is 46.9 Å². The maximum atomic E-state index is 11.8. The fraction of sp³-hybridized carbons (Fsp3) is 0.118. The quantitative estimate of drug-likeness (QED) is 0.833. The molecule has 0 radical (unpaired) electrons. The first-order chi connectivity index (χ1) is 11.0. The van der Waals surface area contributed by atoms with Crippen LogP contribution in [0.3, 0.4) is 0 Å². The highest BCUT2D eigenvalue weighted by atomic mass is 79.9. The molecule has 23 heavy (non-hydrogen) atoms. The number of halogens is 1. The standard InChI is InChI=1S/C17H13BrN2O3/c1-11-2-7-14(8-15(11)18)20-16(21)10-23-17(22)13-5-3-12(9-19)4-6-13/h2-8H,10H2,1H3,(H,20,21). The summed E-state index contributed by atoms with van der Waals surface area (Å²) in [5.74, 6) is -1.04. The van der Waals surface area contributed by atoms with Gasteiger partial charge in [0.15, 0.2) is 6.61 Å². The molecule has 2 rings (SSSR count). The molecule has 0 aliphatic heterocycles. The third-order valence-electron chi connectivity index (χ3n) is 3.04. The number of nitriles is 1. The van der Waals surface area contributed by atoms with E-state index in [0.29, 0.717) is 11.3 Å². The molecule has 2 aromatic rings. The predicted octanol–water partition coefficient (Wildman–Crippen LogP) is 3.42. The van der Waals surface area contributed by atoms with Crippen molar-refractivity contribution in [1.29, 1.82) is 5.26 Å². The molecule has 6 heteroatoms. The van der Waals surface area contributed by atoms with E-state index in [9.17, 15) is 9.59 Å². The molecule has 5 nitrogen and oxygen atoms in total. The molecule has 0 saturated heterocycles. The Labute approximate surface area is 142 Å². The monoisotopic (exact) mass is 372 g/mol. The summed E-state index contributed by atoms with van der Waals surface area (Å²) in [4.78, 5) is 23.6. The largest absolute Gasteiger partial charge is 0.452 e. The Hall–Kier alpha value is -2.65. The first-order valence-corrected chi connectivity index (χ1v) is 7.52. The molecule has 0 bridgehead atoms. The Morgan fingerprint density at radius 2 is 1.91 bits per heavy atom. The highest BCUT2D eigenvalue weighted by Crippen LogP contribution is 2.20. The van der Waals surface area contributed by atoms with Crippen LogP contribution in [0, 0.1) is 18.3 Å². The van der Waals surface area contributed by atoms with Crippen LogP contribution >= 0.6 is 15.9 Å². The minimum Gasteiger partial charge on any atom is -0.452 e. The normalized spacial score (nSPS) is 9.78. The van der Waals surface area contributed by atoms with Crippen LogP contribution in [0.1, 0.15) is 21.5 Å². The number of esters is 1. The summed E-state index contributed by atoms with van der Waals surface area (Å²) in [5, 5.41) is 11.3. The van der Waals surface area contributed by atoms with Gasteiger partial charge in [-0.2, -0.15) is 5.26 Å². The third-order valence-corrected chi connectivity index (χ3v) is 3.89. The Morgan fingerprint density at radius 3 is 2.52 bits per heavy atom. The number of carbonyl (C=O) groups excluding carboxylic acids is 2. The van der Waals surface area contributed by atoms with Crippen molar-refractivity contribution in [2.24, 2.45) is 0 Å². The molecule has 0 saturated carbocycles. The van der Waals surface area contributed by atoms with Crippen molar-refractivity contribution in [1.82, 2.24) is 0 Å². The van der Waals surface area contributed by atoms with Crippen molar-refractivity contribution in [3.63, 3.8) is 0 Å². The van der Waals surface area contributed by atoms with Crippen molar-refractivity contribution < 1.29 is 14.3 Å². The van der Waals surface area contributed by atoms with Gasteiger partial charge in [0.05, 0.1) is 17.2 Å². The zero-order chi connectivity index (χ0) is 16.8. The number of ether oxygens (including phenoxy) is 1. The lowest BCUT2D eigenvalue weighted by molar-refractivity contribution is -0.119. The van der Waals surface area contributed by atoms with Gasteiger partial charge in [0.1, 0.15) is 0 Å². The van der Waals surface area contributed by atoms with Gasteiger partial charge in [0.25, 0.3) is 5.91 Å². The maximum Gasteiger partial charge on any atom is 0.338 e. The van der Waals surface area contributed by atoms with Gasteiger partial charge in [-0.3, -0.25) is 4.79 Å². The molecule has 116 valence electrons. The van der Waals surface area contributed by atoms with Crippen LogP contribution in [0.25, 0.3) is 0 Å². The average molecular weight is 373 g/mol. The van der Waals surface area contributed by atoms with Gasteiger partial charge in [0.2, 0.25) is 0 Å². The average Bonchev–Trinajstić information content (AvgIpc) is 2.56. The Bertz CT molecular complexity index is 779. The molecular weight excluding hydrogens is 360 g/mol. The summed E-state index contributed by atoms with van der Waals surface area (Å²) in [7, 11) is 0. The second-order valence-electron chi connectivity index (χ2n) is 4.78. The molecule has 1 amide bonds. The lowest BCUT2D eigenvalue weighted by Crippen LogP contribution is -2.20. The summed E-state index contributed by atoms with van der Waals surface area (Å²) >= 11 is 3.38. The third kappa shape index (κ3) is 4.66. The van der Waals surface area contributed by atoms with Crippen LogP contribution in [-0.4, -0.2) is 18.5 Å². The molecule has 0 aliphatic carbocycles. The minimum absolute atomic E-state index is 0.287. The molecule has 0 unspecified atom stereocenters. The number of hydrogen-bond donors (Lipinski definition) is 1. The van der Waals surface area contributed by atoms with Crippen LogP contribution < -0.4 is 5.32 Å². The van der Waals surface area contributed by atoms with E-state index < -0.39 is 11.9 Å². The van der Waals surface area contributed by atoms with Gasteiger partial charge in [-0.15, -0.1) is 0 Å². The summed E-state index contributed by atoms with van der Waals surface area (Å²) in [6.45, 7) is 1.55. The second-order valence-corrected chi connectivity index (χ2v) is 5.63. The van der Waals surface area contributed by atoms with E-state index in [1.807, 2.05) is 19.1 Å². The van der Waals surface area contributed by atoms with Crippen molar-refractivity contribution in [2.45, 2.75) is 6.92 Å². The number of nitrogens with zero attached hydrogens (tertiary/aromatic N) is 1. The lowest BCUT2D eigenvalue weighted by Gasteiger charge is -2.08. The van der Waals surface area contributed by atoms with E-state index in [1.165, 1.54) is 24.3 Å². The Kier molecular flexibility index (Phi) is 5.50. The molecule has 0 fully saturated rings. The summed E-state index contributed by atoms with van der Waals surface area (Å²) in [5.41, 5.74) is 2.40. The van der Waals surface area contributed by atoms with Gasteiger partial charge >= 0.3 is 5.97 Å². The topological polar surface area (TPSA) is 79.2 Å². The molecule has 0 aromatic heterocycles. The predicted molar refractivity (Wildman–Crippen MR) is 88.9 cm³/mol. The highest BCUT2D eigenvalue weighted by Gasteiger charge is 2.10. The summed E-state index contributed by atoms with van der Waals surface area (Å²) < 4.78 is 5.82. The van der Waals surface area contributed by atoms with Crippen molar-refractivity contribution >= 4 is 33.5 Å². The second kappa shape index (κ2) is 7.56. The van der Waals surface area contributed by atoms with Gasteiger partial charge in [-0.25, -0.2) is 4.79 Å². The van der Waals surface area contributed by atoms with Crippen molar-refractivity contribution in [3.05, 3.63) is 63.6 Å². The van der Waals surface area contributed by atoms with E-state index in [-0.39, 0.29) is 12.2 Å². The number of nitrogens with one attached hydrogen (secondary N) is 1. The SMILES string of the molecule is Cc1ccc(NC(=O)COC(=O)c2ccc(C#N)cc2)cc1Br. The van der Waals surface area contributed by atoms with Gasteiger partial charge in [-0.05, 0) is 48.9 Å². The molecule has 1 N–H and O–H groups in total. The number of amides is 1. The van der Waals surface area contributed by atoms with Gasteiger partial charge in [0, 0.05) is 10.2 Å². The zero-order valence-corrected chi connectivity index (χ0v) is 13.9. The van der Waals surface area contributed by atoms with E-state index in [2.05, 4.69) is 21.2 Å². The number of carbonyl (C=O) groups is 2. The highest BCUT2D eigenvalue weighted by molar-refractivity contribution is 9.10. The zero-order valence-electron chi connectivity index (χ0n) is 12.3. The molecule has 0 atom stereocenters. The van der Waals surface area contributed by atoms with Crippen molar-refractivity contribution in [2.75, 3.05) is 11.9 Å². The Morgan fingerprint density at radius 1 is 1.22 bits per heavy atom. The number of aryl methyl sites for hydroxylation is 1. The van der Waals surface area contributed by atoms with Crippen LogP contribution in [0.2, 0.25) is 0 Å². The van der Waals surface area contributed by atoms with E-state index in [1.54, 1.807) is 12.1 Å². The number of benzene rings is 2. The first-order valence-electron chi connectivity index (χ1n) is 6.73.